The van der Waals surface area contributed by atoms with Crippen LogP contribution in [0.2, 0.25) is 0 Å². The van der Waals surface area contributed by atoms with Gasteiger partial charge in [0.2, 0.25) is 5.91 Å². The second-order valence-corrected chi connectivity index (χ2v) is 15.8. The summed E-state index contributed by atoms with van der Waals surface area (Å²) < 4.78 is 0.738. The summed E-state index contributed by atoms with van der Waals surface area (Å²) >= 11 is 0. The van der Waals surface area contributed by atoms with Crippen molar-refractivity contribution in [1.29, 1.82) is 0 Å². The maximum absolute atomic E-state index is 13.4. The Bertz CT molecular complexity index is 1160. The SMILES string of the molecule is CNC(=O)C1CCC(CN(CC[N+](C)(C)C)C(=O)O/N=C(\C)[C@H]2CC[C@H]3[C@@H]4CCC5=CC(=O)CC[C@]5(C)[C@H]4CC[C@]23C)N1. The Labute approximate surface area is 258 Å². The third-order valence-electron chi connectivity index (χ3n) is 12.3. The van der Waals surface area contributed by atoms with Gasteiger partial charge < -0.3 is 15.1 Å². The first-order valence-electron chi connectivity index (χ1n) is 16.8. The lowest BCUT2D eigenvalue weighted by Gasteiger charge is -2.58. The van der Waals surface area contributed by atoms with Crippen molar-refractivity contribution < 1.29 is 23.7 Å². The molecule has 0 radical (unpaired) electrons. The van der Waals surface area contributed by atoms with E-state index in [-0.39, 0.29) is 28.8 Å². The van der Waals surface area contributed by atoms with Gasteiger partial charge in [0.05, 0.1) is 46.0 Å². The van der Waals surface area contributed by atoms with E-state index < -0.39 is 6.09 Å². The molecule has 0 bridgehead atoms. The lowest BCUT2D eigenvalue weighted by atomic mass is 9.46. The number of carbonyl (C=O) groups is 3. The minimum atomic E-state index is -0.409. The minimum absolute atomic E-state index is 0.00585. The molecule has 2 N–H and O–H groups in total. The number of hydrogen-bond donors (Lipinski definition) is 2. The molecule has 0 aromatic carbocycles. The highest BCUT2D eigenvalue weighted by Gasteiger charge is 2.59. The van der Waals surface area contributed by atoms with Crippen LogP contribution in [0.3, 0.4) is 0 Å². The zero-order valence-electron chi connectivity index (χ0n) is 27.7. The number of likely N-dealkylation sites (N-methyl/N-ethyl adjacent to an activating group) is 2. The van der Waals surface area contributed by atoms with Crippen LogP contribution in [0, 0.1) is 34.5 Å². The Hall–Kier alpha value is -2.26. The van der Waals surface area contributed by atoms with Crippen molar-refractivity contribution in [1.82, 2.24) is 15.5 Å². The normalized spacial score (nSPS) is 37.6. The Morgan fingerprint density at radius 2 is 1.84 bits per heavy atom. The molecule has 4 fully saturated rings. The number of nitrogens with zero attached hydrogens (tertiary/aromatic N) is 3. The molecule has 0 aromatic heterocycles. The average molecular weight is 599 g/mol. The van der Waals surface area contributed by atoms with Crippen molar-refractivity contribution in [3.05, 3.63) is 11.6 Å². The second-order valence-electron chi connectivity index (χ2n) is 15.8. The van der Waals surface area contributed by atoms with Crippen LogP contribution in [-0.2, 0) is 14.4 Å². The molecule has 43 heavy (non-hydrogen) atoms. The van der Waals surface area contributed by atoms with Crippen molar-refractivity contribution in [2.24, 2.45) is 39.7 Å². The number of rotatable bonds is 8. The van der Waals surface area contributed by atoms with Crippen LogP contribution >= 0.6 is 0 Å². The molecular weight excluding hydrogens is 542 g/mol. The van der Waals surface area contributed by atoms with E-state index in [1.54, 1.807) is 11.9 Å². The summed E-state index contributed by atoms with van der Waals surface area (Å²) in [5, 5.41) is 10.6. The van der Waals surface area contributed by atoms with Crippen molar-refractivity contribution in [3.63, 3.8) is 0 Å². The van der Waals surface area contributed by atoms with Crippen LogP contribution in [0.5, 0.6) is 0 Å². The van der Waals surface area contributed by atoms with Gasteiger partial charge in [0, 0.05) is 32.0 Å². The average Bonchev–Trinajstić information content (AvgIpc) is 3.57. The molecule has 240 valence electrons. The molecular formula is C34H56N5O4+. The molecule has 1 saturated heterocycles. The first-order valence-corrected chi connectivity index (χ1v) is 16.8. The van der Waals surface area contributed by atoms with Gasteiger partial charge in [-0.2, -0.15) is 0 Å². The summed E-state index contributed by atoms with van der Waals surface area (Å²) in [5.74, 6) is 2.63. The zero-order valence-corrected chi connectivity index (χ0v) is 27.7. The van der Waals surface area contributed by atoms with E-state index >= 15 is 0 Å². The van der Waals surface area contributed by atoms with Crippen LogP contribution in [0.25, 0.3) is 0 Å². The molecule has 0 aromatic rings. The predicted octanol–water partition coefficient (Wildman–Crippen LogP) is 4.52. The number of amides is 2. The third-order valence-corrected chi connectivity index (χ3v) is 12.3. The number of carbonyl (C=O) groups excluding carboxylic acids is 3. The topological polar surface area (TPSA) is 100 Å². The fourth-order valence-corrected chi connectivity index (χ4v) is 9.77. The highest BCUT2D eigenvalue weighted by atomic mass is 16.7. The van der Waals surface area contributed by atoms with E-state index in [1.807, 2.05) is 6.08 Å². The molecule has 1 heterocycles. The fraction of sp³-hybridized carbons (Fsp3) is 0.824. The Morgan fingerprint density at radius 1 is 1.07 bits per heavy atom. The van der Waals surface area contributed by atoms with E-state index in [1.165, 1.54) is 24.8 Å². The maximum atomic E-state index is 13.4. The molecule has 0 spiro atoms. The summed E-state index contributed by atoms with van der Waals surface area (Å²) in [6.07, 6.45) is 11.8. The number of ketones is 1. The van der Waals surface area contributed by atoms with E-state index in [0.717, 1.165) is 55.3 Å². The third kappa shape index (κ3) is 6.44. The van der Waals surface area contributed by atoms with Crippen molar-refractivity contribution in [2.45, 2.75) is 97.1 Å². The van der Waals surface area contributed by atoms with Gasteiger partial charge in [-0.05, 0) is 99.4 Å². The predicted molar refractivity (Wildman–Crippen MR) is 168 cm³/mol. The van der Waals surface area contributed by atoms with Crippen molar-refractivity contribution in [2.75, 3.05) is 47.8 Å². The molecule has 2 unspecified atom stereocenters. The number of hydrogen-bond acceptors (Lipinski definition) is 6. The standard InChI is InChI=1S/C34H55N5O4/c1-22(37-43-32(42)38(18-19-39(5,6)7)21-24-9-13-30(36-24)31(41)35-4)27-11-12-28-26-10-8-23-20-25(40)14-16-33(23,2)29(26)15-17-34(27,28)3/h20,24,26-30,36H,8-19,21H2,1-7H3/p+1/b37-22+/t24?,26-,27+,28-,29-,30?,33-,34+/m0/s1. The molecule has 2 amide bonds. The van der Waals surface area contributed by atoms with Gasteiger partial charge in [0.15, 0.2) is 5.78 Å². The highest BCUT2D eigenvalue weighted by molar-refractivity contribution is 5.91. The van der Waals surface area contributed by atoms with Gasteiger partial charge >= 0.3 is 6.09 Å². The smallest absolute Gasteiger partial charge is 0.358 e. The largest absolute Gasteiger partial charge is 0.436 e. The second kappa shape index (κ2) is 12.3. The molecule has 5 aliphatic rings. The number of nitrogens with one attached hydrogen (secondary N) is 2. The Balaban J connectivity index is 1.24. The van der Waals surface area contributed by atoms with E-state index in [0.29, 0.717) is 49.0 Å². The summed E-state index contributed by atoms with van der Waals surface area (Å²) in [6, 6.07) is -0.167. The Morgan fingerprint density at radius 3 is 2.56 bits per heavy atom. The van der Waals surface area contributed by atoms with Crippen LogP contribution < -0.4 is 10.6 Å². The van der Waals surface area contributed by atoms with E-state index in [2.05, 4.69) is 57.7 Å². The first kappa shape index (κ1) is 32.1. The molecule has 1 aliphatic heterocycles. The summed E-state index contributed by atoms with van der Waals surface area (Å²) in [6.45, 7) is 8.80. The zero-order chi connectivity index (χ0) is 31.2. The van der Waals surface area contributed by atoms with Gasteiger partial charge in [0.25, 0.3) is 0 Å². The number of oxime groups is 1. The molecule has 9 nitrogen and oxygen atoms in total. The lowest BCUT2D eigenvalue weighted by Crippen LogP contribution is -2.51. The summed E-state index contributed by atoms with van der Waals surface area (Å²) in [5.41, 5.74) is 2.70. The molecule has 9 heteroatoms. The van der Waals surface area contributed by atoms with Gasteiger partial charge in [-0.15, -0.1) is 0 Å². The van der Waals surface area contributed by atoms with Gasteiger partial charge in [-0.1, -0.05) is 24.6 Å². The maximum Gasteiger partial charge on any atom is 0.436 e. The highest BCUT2D eigenvalue weighted by Crippen LogP contribution is 2.66. The van der Waals surface area contributed by atoms with E-state index in [9.17, 15) is 14.4 Å². The molecule has 3 saturated carbocycles. The lowest BCUT2D eigenvalue weighted by molar-refractivity contribution is -0.869. The number of quaternary nitrogens is 1. The molecule has 8 atom stereocenters. The minimum Gasteiger partial charge on any atom is -0.358 e. The summed E-state index contributed by atoms with van der Waals surface area (Å²) in [4.78, 5) is 45.2. The van der Waals surface area contributed by atoms with E-state index in [4.69, 9.17) is 4.84 Å². The van der Waals surface area contributed by atoms with Crippen LogP contribution in [0.1, 0.15) is 85.0 Å². The monoisotopic (exact) mass is 598 g/mol. The van der Waals surface area contributed by atoms with Crippen molar-refractivity contribution in [3.8, 4) is 0 Å². The van der Waals surface area contributed by atoms with Gasteiger partial charge in [-0.3, -0.25) is 19.3 Å². The molecule has 5 rings (SSSR count). The number of fused-ring (bicyclic) bond motifs is 5. The quantitative estimate of drug-likeness (QED) is 0.185. The van der Waals surface area contributed by atoms with Gasteiger partial charge in [0.1, 0.15) is 0 Å². The summed E-state index contributed by atoms with van der Waals surface area (Å²) in [7, 11) is 8.00. The van der Waals surface area contributed by atoms with Crippen LogP contribution in [0.4, 0.5) is 4.79 Å². The fourth-order valence-electron chi connectivity index (χ4n) is 9.77. The van der Waals surface area contributed by atoms with Crippen LogP contribution in [-0.4, -0.2) is 92.8 Å². The van der Waals surface area contributed by atoms with Crippen LogP contribution in [0.15, 0.2) is 16.8 Å². The van der Waals surface area contributed by atoms with Crippen molar-refractivity contribution >= 4 is 23.5 Å². The Kier molecular flexibility index (Phi) is 9.17. The number of allylic oxidation sites excluding steroid dienone is 1. The van der Waals surface area contributed by atoms with Gasteiger partial charge in [-0.25, -0.2) is 4.79 Å². The first-order chi connectivity index (χ1) is 20.2. The molecule has 4 aliphatic carbocycles.